The van der Waals surface area contributed by atoms with Crippen molar-refractivity contribution < 1.29 is 26.6 Å². The summed E-state index contributed by atoms with van der Waals surface area (Å²) in [5.74, 6) is -1.08. The Labute approximate surface area is 470 Å². The Balaban J connectivity index is 0.000000180. The second-order valence-corrected chi connectivity index (χ2v) is 22.0. The van der Waals surface area contributed by atoms with Gasteiger partial charge in [0.2, 0.25) is 23.0 Å². The highest BCUT2D eigenvalue weighted by atomic mass is 35.5. The average molecular weight is 1150 g/mol. The first-order valence-corrected chi connectivity index (χ1v) is 26.9. The fourth-order valence-corrected chi connectivity index (χ4v) is 11.4. The summed E-state index contributed by atoms with van der Waals surface area (Å²) >= 11 is 12.6. The molecule has 2 aliphatic rings. The number of nitrogens with one attached hydrogen (secondary N) is 2. The average Bonchev–Trinajstić information content (AvgIpc) is 4.46. The highest BCUT2D eigenvalue weighted by Crippen LogP contribution is 2.43. The topological polar surface area (TPSA) is 231 Å². The molecule has 0 saturated heterocycles. The molecule has 10 heterocycles. The molecule has 24 heteroatoms. The molecule has 2 atom stereocenters. The van der Waals surface area contributed by atoms with Crippen molar-refractivity contribution >= 4 is 45.3 Å². The van der Waals surface area contributed by atoms with Crippen LogP contribution in [-0.2, 0) is 24.4 Å². The first-order chi connectivity index (χ1) is 38.4. The van der Waals surface area contributed by atoms with Crippen LogP contribution in [0, 0.1) is 35.3 Å². The molecule has 81 heavy (non-hydrogen) atoms. The van der Waals surface area contributed by atoms with Gasteiger partial charge in [-0.3, -0.25) is 39.0 Å². The van der Waals surface area contributed by atoms with Crippen LogP contribution in [0.3, 0.4) is 0 Å². The van der Waals surface area contributed by atoms with Gasteiger partial charge in [-0.05, 0) is 112 Å². The van der Waals surface area contributed by atoms with Gasteiger partial charge < -0.3 is 9.13 Å². The van der Waals surface area contributed by atoms with Gasteiger partial charge in [0.25, 0.3) is 0 Å². The lowest BCUT2D eigenvalue weighted by atomic mass is 9.83. The molecule has 0 aromatic carbocycles. The molecule has 0 bridgehead atoms. The van der Waals surface area contributed by atoms with Crippen LogP contribution in [0.1, 0.15) is 110 Å². The fraction of sp³-hybridized carbons (Fsp3) is 0.368. The minimum absolute atomic E-state index is 0. The lowest BCUT2D eigenvalue weighted by Crippen LogP contribution is -2.28. The maximum absolute atomic E-state index is 16.8. The molecule has 10 aromatic rings. The van der Waals surface area contributed by atoms with Gasteiger partial charge in [-0.15, -0.1) is 0 Å². The van der Waals surface area contributed by atoms with Crippen LogP contribution in [0.25, 0.3) is 67.6 Å². The normalized spacial score (nSPS) is 18.9. The summed E-state index contributed by atoms with van der Waals surface area (Å²) in [5.41, 5.74) is -1.21. The highest BCUT2D eigenvalue weighted by molar-refractivity contribution is 6.31. The largest absolute Gasteiger partial charge is 0.439 e. The first-order valence-electron chi connectivity index (χ1n) is 26.2. The van der Waals surface area contributed by atoms with E-state index in [0.29, 0.717) is 79.6 Å². The minimum Gasteiger partial charge on any atom is -0.323 e. The molecule has 18 nitrogen and oxygen atoms in total. The van der Waals surface area contributed by atoms with Crippen LogP contribution >= 0.6 is 23.2 Å². The lowest BCUT2D eigenvalue weighted by Gasteiger charge is -2.29. The zero-order chi connectivity index (χ0) is 56.0. The van der Waals surface area contributed by atoms with E-state index in [1.54, 1.807) is 45.8 Å². The van der Waals surface area contributed by atoms with Gasteiger partial charge in [-0.25, -0.2) is 47.1 Å². The van der Waals surface area contributed by atoms with Crippen molar-refractivity contribution in [2.75, 3.05) is 0 Å². The summed E-state index contributed by atoms with van der Waals surface area (Å²) in [7, 11) is 0. The number of alkyl halides is 2. The summed E-state index contributed by atoms with van der Waals surface area (Å²) in [6.07, 6.45) is 17.1. The summed E-state index contributed by atoms with van der Waals surface area (Å²) < 4.78 is 76.5. The molecule has 2 N–H and O–H groups in total. The second-order valence-electron chi connectivity index (χ2n) is 21.1. The van der Waals surface area contributed by atoms with Crippen molar-refractivity contribution in [3.05, 3.63) is 152 Å². The summed E-state index contributed by atoms with van der Waals surface area (Å²) in [6, 6.07) is 11.8. The van der Waals surface area contributed by atoms with Gasteiger partial charge in [-0.1, -0.05) is 80.5 Å². The molecule has 2 saturated carbocycles. The monoisotopic (exact) mass is 1150 g/mol. The third-order valence-electron chi connectivity index (χ3n) is 15.2. The van der Waals surface area contributed by atoms with Gasteiger partial charge in [0, 0.05) is 61.4 Å². The van der Waals surface area contributed by atoms with E-state index in [9.17, 15) is 18.4 Å². The van der Waals surface area contributed by atoms with Crippen molar-refractivity contribution in [2.24, 2.45) is 23.7 Å². The van der Waals surface area contributed by atoms with E-state index in [1.165, 1.54) is 62.9 Å². The lowest BCUT2D eigenvalue weighted by molar-refractivity contribution is 0.202. The zero-order valence-corrected chi connectivity index (χ0v) is 45.2. The summed E-state index contributed by atoms with van der Waals surface area (Å²) in [6.45, 7) is 7.91. The van der Waals surface area contributed by atoms with Crippen molar-refractivity contribution in [3.8, 4) is 45.6 Å². The number of imidazole rings is 2. The zero-order valence-electron chi connectivity index (χ0n) is 43.7. The fourth-order valence-electron chi connectivity index (χ4n) is 11.0. The minimum atomic E-state index is -2.38. The van der Waals surface area contributed by atoms with E-state index >= 15 is 8.78 Å². The number of halogens is 6. The van der Waals surface area contributed by atoms with E-state index in [-0.39, 0.29) is 65.3 Å². The molecule has 420 valence electrons. The molecular weight excluding hydrogens is 1090 g/mol. The van der Waals surface area contributed by atoms with Gasteiger partial charge >= 0.3 is 11.5 Å². The number of nitrogens with zero attached hydrogens (tertiary/aromatic N) is 12. The Morgan fingerprint density at radius 1 is 0.605 bits per heavy atom. The molecule has 0 radical (unpaired) electrons. The standard InChI is InChI=1S/2C28H26ClF2N7O2.CH4/c2*1-15-5-7-16(8-6-15)14-38-23-20(35-26(38)28(2,31)24-19(30)4-3-9-33-24)11-21(25-36-27(39)40-37-25)34-22(23)17-10-18(29)13-32-12-17;/h2*3-4,9-13,15-16H,5-8,14H2,1-2H3,(H,36,37,39);1H4/t2*15?,16?,28-;/m10./s1. The quantitative estimate of drug-likeness (QED) is 0.108. The molecule has 10 aromatic heterocycles. The van der Waals surface area contributed by atoms with Crippen LogP contribution in [0.5, 0.6) is 0 Å². The van der Waals surface area contributed by atoms with Gasteiger partial charge in [0.1, 0.15) is 34.4 Å². The van der Waals surface area contributed by atoms with Crippen LogP contribution in [-0.4, -0.2) is 69.3 Å². The molecule has 2 fully saturated rings. The van der Waals surface area contributed by atoms with E-state index in [4.69, 9.17) is 43.1 Å². The maximum Gasteiger partial charge on any atom is 0.439 e. The Morgan fingerprint density at radius 2 is 1.00 bits per heavy atom. The third-order valence-corrected chi connectivity index (χ3v) is 15.6. The van der Waals surface area contributed by atoms with Crippen molar-refractivity contribution in [1.29, 1.82) is 0 Å². The molecule has 12 rings (SSSR count). The van der Waals surface area contributed by atoms with E-state index in [2.05, 4.69) is 63.1 Å². The number of H-pyrrole nitrogens is 2. The summed E-state index contributed by atoms with van der Waals surface area (Å²) in [5, 5.41) is 8.30. The Kier molecular flexibility index (Phi) is 15.9. The maximum atomic E-state index is 16.8. The first kappa shape index (κ1) is 56.3. The predicted molar refractivity (Wildman–Crippen MR) is 296 cm³/mol. The number of aromatic nitrogens is 14. The molecular formula is C57H56Cl2F4N14O4. The van der Waals surface area contributed by atoms with Crippen molar-refractivity contribution in [3.63, 3.8) is 0 Å². The molecule has 0 spiro atoms. The predicted octanol–water partition coefficient (Wildman–Crippen LogP) is 12.8. The van der Waals surface area contributed by atoms with E-state index in [0.717, 1.165) is 51.4 Å². The number of hydrogen-bond donors (Lipinski definition) is 2. The van der Waals surface area contributed by atoms with Crippen LogP contribution in [0.15, 0.2) is 104 Å². The van der Waals surface area contributed by atoms with Gasteiger partial charge in [0.05, 0.1) is 43.5 Å². The molecule has 0 unspecified atom stereocenters. The Morgan fingerprint density at radius 3 is 1.35 bits per heavy atom. The van der Waals surface area contributed by atoms with Crippen LogP contribution in [0.4, 0.5) is 17.6 Å². The number of fused-ring (bicyclic) bond motifs is 2. The Hall–Kier alpha value is -7.98. The van der Waals surface area contributed by atoms with Crippen LogP contribution in [0.2, 0.25) is 10.0 Å². The number of aromatic amines is 2. The van der Waals surface area contributed by atoms with Crippen molar-refractivity contribution in [1.82, 2.24) is 69.3 Å². The molecule has 0 aliphatic heterocycles. The van der Waals surface area contributed by atoms with E-state index < -0.39 is 34.5 Å². The van der Waals surface area contributed by atoms with Crippen molar-refractivity contribution in [2.45, 2.75) is 111 Å². The number of hydrogen-bond acceptors (Lipinski definition) is 14. The summed E-state index contributed by atoms with van der Waals surface area (Å²) in [4.78, 5) is 63.9. The molecule has 2 aliphatic carbocycles. The number of rotatable bonds is 12. The Bertz CT molecular complexity index is 3770. The van der Waals surface area contributed by atoms with Crippen LogP contribution < -0.4 is 11.5 Å². The highest BCUT2D eigenvalue weighted by Gasteiger charge is 2.42. The van der Waals surface area contributed by atoms with Gasteiger partial charge in [-0.2, -0.15) is 0 Å². The molecule has 0 amide bonds. The van der Waals surface area contributed by atoms with Gasteiger partial charge in [0.15, 0.2) is 11.6 Å². The van der Waals surface area contributed by atoms with E-state index in [1.807, 2.05) is 0 Å². The second kappa shape index (κ2) is 22.9. The third kappa shape index (κ3) is 11.4. The smallest absolute Gasteiger partial charge is 0.323 e. The number of pyridine rings is 6. The SMILES string of the molecule is C.CC1CCC(Cn2c([C@@](C)(F)c3ncccc3F)nc3cc(-c4noc(=O)[nH]4)nc(-c4cncc(Cl)c4)c32)CC1.CC1CCC(Cn2c([C@](C)(F)c3ncccc3F)nc3cc(-c4noc(=O)[nH]4)nc(-c4cncc(Cl)c4)c32)CC1.